The molecule has 0 fully saturated rings. The van der Waals surface area contributed by atoms with E-state index < -0.39 is 0 Å². The van der Waals surface area contributed by atoms with Crippen LogP contribution in [-0.4, -0.2) is 0 Å². The minimum Gasteiger partial charge on any atom is -0.456 e. The van der Waals surface area contributed by atoms with Crippen molar-refractivity contribution in [1.29, 1.82) is 0 Å². The molecule has 0 radical (unpaired) electrons. The van der Waals surface area contributed by atoms with E-state index in [1.807, 2.05) is 12.1 Å². The molecule has 0 atom stereocenters. The number of furan rings is 1. The SMILES string of the molecule is Brc1cccc2oc3ccc(-c4ccc(C5=CCCC=C5)cc4)cc3c12. The first-order chi connectivity index (χ1) is 12.8. The van der Waals surface area contributed by atoms with Gasteiger partial charge in [0.2, 0.25) is 0 Å². The molecule has 0 saturated heterocycles. The van der Waals surface area contributed by atoms with E-state index in [1.54, 1.807) is 0 Å². The molecule has 1 aliphatic rings. The summed E-state index contributed by atoms with van der Waals surface area (Å²) in [5, 5.41) is 2.28. The lowest BCUT2D eigenvalue weighted by Crippen LogP contribution is -1.86. The third-order valence-electron chi connectivity index (χ3n) is 4.99. The van der Waals surface area contributed by atoms with Gasteiger partial charge in [-0.1, -0.05) is 70.6 Å². The van der Waals surface area contributed by atoms with Crippen LogP contribution in [0.15, 0.2) is 87.8 Å². The first-order valence-corrected chi connectivity index (χ1v) is 9.67. The van der Waals surface area contributed by atoms with E-state index in [-0.39, 0.29) is 0 Å². The lowest BCUT2D eigenvalue weighted by Gasteiger charge is -2.08. The number of allylic oxidation sites excluding steroid dienone is 4. The van der Waals surface area contributed by atoms with Gasteiger partial charge in [0.15, 0.2) is 0 Å². The highest BCUT2D eigenvalue weighted by Crippen LogP contribution is 2.36. The summed E-state index contributed by atoms with van der Waals surface area (Å²) in [6.45, 7) is 0. The first kappa shape index (κ1) is 15.7. The number of hydrogen-bond acceptors (Lipinski definition) is 1. The van der Waals surface area contributed by atoms with Crippen molar-refractivity contribution in [1.82, 2.24) is 0 Å². The molecule has 1 aliphatic carbocycles. The zero-order valence-corrected chi connectivity index (χ0v) is 15.8. The van der Waals surface area contributed by atoms with Crippen LogP contribution in [0.1, 0.15) is 18.4 Å². The Kier molecular flexibility index (Phi) is 3.79. The fraction of sp³-hybridized carbons (Fsp3) is 0.0833. The van der Waals surface area contributed by atoms with E-state index in [2.05, 4.69) is 82.7 Å². The van der Waals surface area contributed by atoms with Gasteiger partial charge < -0.3 is 4.42 Å². The van der Waals surface area contributed by atoms with Crippen LogP contribution in [0, 0.1) is 0 Å². The zero-order valence-electron chi connectivity index (χ0n) is 14.2. The topological polar surface area (TPSA) is 13.1 Å². The number of halogens is 1. The van der Waals surface area contributed by atoms with Crippen LogP contribution in [0.4, 0.5) is 0 Å². The maximum atomic E-state index is 5.98. The molecule has 0 saturated carbocycles. The van der Waals surface area contributed by atoms with Crippen LogP contribution >= 0.6 is 15.9 Å². The molecular formula is C24H17BrO. The molecule has 2 heteroatoms. The maximum absolute atomic E-state index is 5.98. The maximum Gasteiger partial charge on any atom is 0.136 e. The lowest BCUT2D eigenvalue weighted by atomic mass is 9.96. The van der Waals surface area contributed by atoms with Crippen molar-refractivity contribution in [2.75, 3.05) is 0 Å². The number of benzene rings is 3. The van der Waals surface area contributed by atoms with Gasteiger partial charge in [0.1, 0.15) is 11.2 Å². The van der Waals surface area contributed by atoms with Crippen molar-refractivity contribution < 1.29 is 4.42 Å². The average Bonchev–Trinajstić information content (AvgIpc) is 3.08. The van der Waals surface area contributed by atoms with E-state index in [4.69, 9.17) is 4.42 Å². The second-order valence-electron chi connectivity index (χ2n) is 6.64. The molecule has 1 nitrogen and oxygen atoms in total. The van der Waals surface area contributed by atoms with Crippen LogP contribution in [0.3, 0.4) is 0 Å². The molecule has 4 aromatic rings. The highest BCUT2D eigenvalue weighted by atomic mass is 79.9. The fourth-order valence-electron chi connectivity index (χ4n) is 3.65. The van der Waals surface area contributed by atoms with E-state index in [0.717, 1.165) is 39.3 Å². The Balaban J connectivity index is 1.59. The smallest absolute Gasteiger partial charge is 0.136 e. The average molecular weight is 401 g/mol. The van der Waals surface area contributed by atoms with Crippen molar-refractivity contribution in [3.05, 3.63) is 88.9 Å². The predicted molar refractivity (Wildman–Crippen MR) is 113 cm³/mol. The Hall–Kier alpha value is -2.58. The number of rotatable bonds is 2. The van der Waals surface area contributed by atoms with Gasteiger partial charge >= 0.3 is 0 Å². The first-order valence-electron chi connectivity index (χ1n) is 8.88. The van der Waals surface area contributed by atoms with Crippen LogP contribution in [0.25, 0.3) is 38.6 Å². The van der Waals surface area contributed by atoms with Crippen molar-refractivity contribution in [3.63, 3.8) is 0 Å². The highest BCUT2D eigenvalue weighted by molar-refractivity contribution is 9.10. The minimum atomic E-state index is 0.915. The lowest BCUT2D eigenvalue weighted by molar-refractivity contribution is 0.669. The van der Waals surface area contributed by atoms with Gasteiger partial charge in [0.05, 0.1) is 0 Å². The minimum absolute atomic E-state index is 0.915. The summed E-state index contributed by atoms with van der Waals surface area (Å²) in [6.07, 6.45) is 9.07. The zero-order chi connectivity index (χ0) is 17.5. The fourth-order valence-corrected chi connectivity index (χ4v) is 4.21. The predicted octanol–water partition coefficient (Wildman–Crippen LogP) is 7.75. The van der Waals surface area contributed by atoms with Crippen LogP contribution < -0.4 is 0 Å². The number of hydrogen-bond donors (Lipinski definition) is 0. The summed E-state index contributed by atoms with van der Waals surface area (Å²) in [7, 11) is 0. The van der Waals surface area contributed by atoms with Crippen molar-refractivity contribution in [2.45, 2.75) is 12.8 Å². The quantitative estimate of drug-likeness (QED) is 0.335. The Morgan fingerprint density at radius 3 is 2.38 bits per heavy atom. The van der Waals surface area contributed by atoms with E-state index in [0.29, 0.717) is 0 Å². The molecule has 0 spiro atoms. The van der Waals surface area contributed by atoms with Gasteiger partial charge in [-0.15, -0.1) is 0 Å². The van der Waals surface area contributed by atoms with Crippen molar-refractivity contribution in [3.8, 4) is 11.1 Å². The molecule has 0 aliphatic heterocycles. The molecule has 0 unspecified atom stereocenters. The van der Waals surface area contributed by atoms with Gasteiger partial charge in [-0.2, -0.15) is 0 Å². The molecule has 3 aromatic carbocycles. The van der Waals surface area contributed by atoms with Crippen LogP contribution in [0.2, 0.25) is 0 Å². The summed E-state index contributed by atoms with van der Waals surface area (Å²) in [4.78, 5) is 0. The Bertz CT molecular complexity index is 1180. The van der Waals surface area contributed by atoms with Crippen molar-refractivity contribution >= 4 is 43.4 Å². The molecule has 0 N–H and O–H groups in total. The summed E-state index contributed by atoms with van der Waals surface area (Å²) in [5.41, 5.74) is 6.86. The molecular weight excluding hydrogens is 384 g/mol. The normalized spacial score (nSPS) is 14.1. The van der Waals surface area contributed by atoms with Crippen molar-refractivity contribution in [2.24, 2.45) is 0 Å². The second kappa shape index (κ2) is 6.30. The number of fused-ring (bicyclic) bond motifs is 3. The second-order valence-corrected chi connectivity index (χ2v) is 7.50. The van der Waals surface area contributed by atoms with Crippen LogP contribution in [-0.2, 0) is 0 Å². The third kappa shape index (κ3) is 2.62. The van der Waals surface area contributed by atoms with Gasteiger partial charge in [-0.05, 0) is 59.4 Å². The molecule has 1 aromatic heterocycles. The summed E-state index contributed by atoms with van der Waals surface area (Å²) >= 11 is 3.66. The Morgan fingerprint density at radius 1 is 0.769 bits per heavy atom. The summed E-state index contributed by atoms with van der Waals surface area (Å²) in [5.74, 6) is 0. The molecule has 26 heavy (non-hydrogen) atoms. The molecule has 0 bridgehead atoms. The Labute approximate surface area is 160 Å². The third-order valence-corrected chi connectivity index (χ3v) is 5.65. The largest absolute Gasteiger partial charge is 0.456 e. The molecule has 126 valence electrons. The van der Waals surface area contributed by atoms with E-state index in [9.17, 15) is 0 Å². The van der Waals surface area contributed by atoms with Gasteiger partial charge in [0.25, 0.3) is 0 Å². The monoisotopic (exact) mass is 400 g/mol. The van der Waals surface area contributed by atoms with Gasteiger partial charge in [-0.3, -0.25) is 0 Å². The Morgan fingerprint density at radius 2 is 1.58 bits per heavy atom. The highest BCUT2D eigenvalue weighted by Gasteiger charge is 2.11. The standard InChI is InChI=1S/C24H17BrO/c25-21-7-4-8-23-24(21)20-15-19(13-14-22(20)26-23)18-11-9-17(10-12-18)16-5-2-1-3-6-16/h2,4-15H,1,3H2. The molecule has 0 amide bonds. The molecule has 5 rings (SSSR count). The van der Waals surface area contributed by atoms with Gasteiger partial charge in [0, 0.05) is 15.2 Å². The summed E-state index contributed by atoms with van der Waals surface area (Å²) < 4.78 is 7.04. The molecule has 1 heterocycles. The summed E-state index contributed by atoms with van der Waals surface area (Å²) in [6, 6.07) is 21.3. The van der Waals surface area contributed by atoms with Gasteiger partial charge in [-0.25, -0.2) is 0 Å². The van der Waals surface area contributed by atoms with E-state index in [1.165, 1.54) is 22.3 Å². The van der Waals surface area contributed by atoms with Crippen LogP contribution in [0.5, 0.6) is 0 Å². The van der Waals surface area contributed by atoms with E-state index >= 15 is 0 Å².